The SMILES string of the molecule is CCN1CCN(c2ccccc2NC(=O)CCc2cccnc2)CC1. The molecule has 0 spiro atoms. The van der Waals surface area contributed by atoms with Crippen molar-refractivity contribution >= 4 is 17.3 Å². The van der Waals surface area contributed by atoms with Crippen LogP contribution in [0.4, 0.5) is 11.4 Å². The van der Waals surface area contributed by atoms with Crippen molar-refractivity contribution in [2.75, 3.05) is 42.9 Å². The van der Waals surface area contributed by atoms with Gasteiger partial charge in [0.1, 0.15) is 0 Å². The second kappa shape index (κ2) is 8.62. The number of pyridine rings is 1. The molecule has 2 aromatic rings. The number of benzene rings is 1. The van der Waals surface area contributed by atoms with Crippen molar-refractivity contribution in [3.63, 3.8) is 0 Å². The number of amides is 1. The van der Waals surface area contributed by atoms with Gasteiger partial charge in [-0.2, -0.15) is 0 Å². The van der Waals surface area contributed by atoms with E-state index in [-0.39, 0.29) is 5.91 Å². The van der Waals surface area contributed by atoms with Crippen LogP contribution in [0.3, 0.4) is 0 Å². The highest BCUT2D eigenvalue weighted by Gasteiger charge is 2.18. The number of piperazine rings is 1. The number of hydrogen-bond donors (Lipinski definition) is 1. The fraction of sp³-hybridized carbons (Fsp3) is 0.400. The van der Waals surface area contributed by atoms with Crippen molar-refractivity contribution in [1.82, 2.24) is 9.88 Å². The lowest BCUT2D eigenvalue weighted by molar-refractivity contribution is -0.116. The third kappa shape index (κ3) is 4.79. The number of likely N-dealkylation sites (N-methyl/N-ethyl adjacent to an activating group) is 1. The topological polar surface area (TPSA) is 48.5 Å². The van der Waals surface area contributed by atoms with Gasteiger partial charge < -0.3 is 15.1 Å². The zero-order valence-electron chi connectivity index (χ0n) is 14.8. The summed E-state index contributed by atoms with van der Waals surface area (Å²) in [6.45, 7) is 7.43. The minimum absolute atomic E-state index is 0.0449. The number of rotatable bonds is 6. The van der Waals surface area contributed by atoms with Gasteiger partial charge in [-0.05, 0) is 36.7 Å². The van der Waals surface area contributed by atoms with Crippen molar-refractivity contribution < 1.29 is 4.79 Å². The number of hydrogen-bond acceptors (Lipinski definition) is 4. The van der Waals surface area contributed by atoms with Crippen LogP contribution in [0.2, 0.25) is 0 Å². The zero-order chi connectivity index (χ0) is 17.5. The molecule has 132 valence electrons. The fourth-order valence-corrected chi connectivity index (χ4v) is 3.18. The number of nitrogens with one attached hydrogen (secondary N) is 1. The van der Waals surface area contributed by atoms with Crippen LogP contribution in [0.15, 0.2) is 48.8 Å². The summed E-state index contributed by atoms with van der Waals surface area (Å²) in [5, 5.41) is 3.09. The molecule has 1 aromatic carbocycles. The van der Waals surface area contributed by atoms with Crippen LogP contribution in [0.1, 0.15) is 18.9 Å². The lowest BCUT2D eigenvalue weighted by Crippen LogP contribution is -2.46. The molecule has 0 bridgehead atoms. The minimum Gasteiger partial charge on any atom is -0.367 e. The Morgan fingerprint density at radius 2 is 1.92 bits per heavy atom. The monoisotopic (exact) mass is 338 g/mol. The Labute approximate surface area is 149 Å². The molecule has 1 aliphatic heterocycles. The van der Waals surface area contributed by atoms with E-state index in [0.29, 0.717) is 12.8 Å². The molecule has 5 nitrogen and oxygen atoms in total. The second-order valence-corrected chi connectivity index (χ2v) is 6.35. The van der Waals surface area contributed by atoms with E-state index >= 15 is 0 Å². The first kappa shape index (κ1) is 17.4. The Morgan fingerprint density at radius 1 is 1.12 bits per heavy atom. The Morgan fingerprint density at radius 3 is 2.64 bits per heavy atom. The lowest BCUT2D eigenvalue weighted by Gasteiger charge is -2.36. The largest absolute Gasteiger partial charge is 0.367 e. The Balaban J connectivity index is 1.60. The summed E-state index contributed by atoms with van der Waals surface area (Å²) in [6.07, 6.45) is 4.73. The highest BCUT2D eigenvalue weighted by molar-refractivity contribution is 5.94. The number of aryl methyl sites for hydroxylation is 1. The number of carbonyl (C=O) groups excluding carboxylic acids is 1. The normalized spacial score (nSPS) is 15.2. The number of nitrogens with zero attached hydrogens (tertiary/aromatic N) is 3. The van der Waals surface area contributed by atoms with Crippen LogP contribution in [-0.4, -0.2) is 48.5 Å². The van der Waals surface area contributed by atoms with Crippen LogP contribution < -0.4 is 10.2 Å². The molecule has 5 heteroatoms. The van der Waals surface area contributed by atoms with E-state index in [1.807, 2.05) is 36.5 Å². The third-order valence-corrected chi connectivity index (χ3v) is 4.70. The van der Waals surface area contributed by atoms with Crippen molar-refractivity contribution in [3.8, 4) is 0 Å². The molecule has 2 heterocycles. The summed E-state index contributed by atoms with van der Waals surface area (Å²) >= 11 is 0. The van der Waals surface area contributed by atoms with Crippen LogP contribution in [0, 0.1) is 0 Å². The standard InChI is InChI=1S/C20H26N4O/c1-2-23-12-14-24(15-13-23)19-8-4-3-7-18(19)22-20(25)10-9-17-6-5-11-21-16-17/h3-8,11,16H,2,9-10,12-15H2,1H3,(H,22,25). The van der Waals surface area contributed by atoms with Crippen molar-refractivity contribution in [2.45, 2.75) is 19.8 Å². The van der Waals surface area contributed by atoms with Crippen molar-refractivity contribution in [3.05, 3.63) is 54.4 Å². The van der Waals surface area contributed by atoms with Gasteiger partial charge in [-0.3, -0.25) is 9.78 Å². The van der Waals surface area contributed by atoms with E-state index in [9.17, 15) is 4.79 Å². The van der Waals surface area contributed by atoms with Crippen LogP contribution in [0.25, 0.3) is 0 Å². The number of para-hydroxylation sites is 2. The average Bonchev–Trinajstić information content (AvgIpc) is 2.68. The maximum atomic E-state index is 12.4. The number of carbonyl (C=O) groups is 1. The summed E-state index contributed by atoms with van der Waals surface area (Å²) < 4.78 is 0. The van der Waals surface area contributed by atoms with Gasteiger partial charge in [-0.15, -0.1) is 0 Å². The van der Waals surface area contributed by atoms with Gasteiger partial charge in [0, 0.05) is 45.0 Å². The van der Waals surface area contributed by atoms with Gasteiger partial charge >= 0.3 is 0 Å². The first-order valence-electron chi connectivity index (χ1n) is 9.01. The highest BCUT2D eigenvalue weighted by Crippen LogP contribution is 2.26. The van der Waals surface area contributed by atoms with E-state index in [1.165, 1.54) is 0 Å². The average molecular weight is 338 g/mol. The first-order valence-corrected chi connectivity index (χ1v) is 9.01. The maximum Gasteiger partial charge on any atom is 0.224 e. The van der Waals surface area contributed by atoms with E-state index in [2.05, 4.69) is 33.1 Å². The van der Waals surface area contributed by atoms with E-state index in [0.717, 1.165) is 49.7 Å². The number of anilines is 2. The lowest BCUT2D eigenvalue weighted by atomic mass is 10.1. The van der Waals surface area contributed by atoms with E-state index in [4.69, 9.17) is 0 Å². The number of aromatic nitrogens is 1. The van der Waals surface area contributed by atoms with Gasteiger partial charge in [0.15, 0.2) is 0 Å². The summed E-state index contributed by atoms with van der Waals surface area (Å²) in [5.41, 5.74) is 3.11. The van der Waals surface area contributed by atoms with Gasteiger partial charge in [0.25, 0.3) is 0 Å². The molecule has 1 N–H and O–H groups in total. The molecule has 1 saturated heterocycles. The van der Waals surface area contributed by atoms with Crippen LogP contribution >= 0.6 is 0 Å². The smallest absolute Gasteiger partial charge is 0.224 e. The van der Waals surface area contributed by atoms with Gasteiger partial charge in [-0.25, -0.2) is 0 Å². The Kier molecular flexibility index (Phi) is 6.01. The minimum atomic E-state index is 0.0449. The molecule has 0 saturated carbocycles. The first-order chi connectivity index (χ1) is 12.3. The van der Waals surface area contributed by atoms with Gasteiger partial charge in [0.2, 0.25) is 5.91 Å². The highest BCUT2D eigenvalue weighted by atomic mass is 16.1. The molecule has 0 atom stereocenters. The molecule has 1 fully saturated rings. The molecule has 1 aromatic heterocycles. The molecular weight excluding hydrogens is 312 g/mol. The second-order valence-electron chi connectivity index (χ2n) is 6.35. The Bertz CT molecular complexity index is 681. The summed E-state index contributed by atoms with van der Waals surface area (Å²) in [5.74, 6) is 0.0449. The predicted molar refractivity (Wildman–Crippen MR) is 102 cm³/mol. The fourth-order valence-electron chi connectivity index (χ4n) is 3.18. The predicted octanol–water partition coefficient (Wildman–Crippen LogP) is 2.79. The summed E-state index contributed by atoms with van der Waals surface area (Å²) in [4.78, 5) is 21.3. The van der Waals surface area contributed by atoms with Crippen LogP contribution in [0.5, 0.6) is 0 Å². The van der Waals surface area contributed by atoms with E-state index < -0.39 is 0 Å². The molecule has 0 aliphatic carbocycles. The molecule has 3 rings (SSSR count). The Hall–Kier alpha value is -2.40. The van der Waals surface area contributed by atoms with Gasteiger partial charge in [-0.1, -0.05) is 25.1 Å². The molecule has 1 amide bonds. The van der Waals surface area contributed by atoms with Crippen LogP contribution in [-0.2, 0) is 11.2 Å². The summed E-state index contributed by atoms with van der Waals surface area (Å²) in [6, 6.07) is 12.0. The van der Waals surface area contributed by atoms with E-state index in [1.54, 1.807) is 6.20 Å². The molecule has 25 heavy (non-hydrogen) atoms. The zero-order valence-corrected chi connectivity index (χ0v) is 14.8. The van der Waals surface area contributed by atoms with Crippen molar-refractivity contribution in [2.24, 2.45) is 0 Å². The molecule has 0 radical (unpaired) electrons. The quantitative estimate of drug-likeness (QED) is 0.880. The molecular formula is C20H26N4O. The molecule has 1 aliphatic rings. The van der Waals surface area contributed by atoms with Gasteiger partial charge in [0.05, 0.1) is 11.4 Å². The maximum absolute atomic E-state index is 12.4. The van der Waals surface area contributed by atoms with Crippen molar-refractivity contribution in [1.29, 1.82) is 0 Å². The third-order valence-electron chi connectivity index (χ3n) is 4.70. The summed E-state index contributed by atoms with van der Waals surface area (Å²) in [7, 11) is 0. The molecule has 0 unspecified atom stereocenters.